The molecule has 0 aliphatic carbocycles. The van der Waals surface area contributed by atoms with Crippen molar-refractivity contribution in [2.75, 3.05) is 30.7 Å². The molecule has 0 amide bonds. The summed E-state index contributed by atoms with van der Waals surface area (Å²) in [5.74, 6) is 4.09. The van der Waals surface area contributed by atoms with Gasteiger partial charge in [0.2, 0.25) is 6.79 Å². The average molecular weight is 305 g/mol. The first-order valence-corrected chi connectivity index (χ1v) is 7.88. The zero-order chi connectivity index (χ0) is 14.2. The summed E-state index contributed by atoms with van der Waals surface area (Å²) < 4.78 is 10.9. The Kier molecular flexibility index (Phi) is 3.26. The number of halogens is 1. The van der Waals surface area contributed by atoms with E-state index in [-0.39, 0.29) is 0 Å². The minimum atomic E-state index is 0.302. The lowest BCUT2D eigenvalue weighted by atomic mass is 10.1. The van der Waals surface area contributed by atoms with Gasteiger partial charge in [0.05, 0.1) is 0 Å². The summed E-state index contributed by atoms with van der Waals surface area (Å²) in [6.45, 7) is 2.38. The lowest BCUT2D eigenvalue weighted by molar-refractivity contribution is 0.174. The van der Waals surface area contributed by atoms with Gasteiger partial charge in [-0.05, 0) is 42.3 Å². The molecule has 4 rings (SSSR count). The second-order valence-corrected chi connectivity index (χ2v) is 6.02. The van der Waals surface area contributed by atoms with Gasteiger partial charge in [0.15, 0.2) is 11.5 Å². The van der Waals surface area contributed by atoms with Gasteiger partial charge in [-0.15, -0.1) is 11.6 Å². The molecule has 4 nitrogen and oxygen atoms in total. The van der Waals surface area contributed by atoms with Crippen LogP contribution in [0, 0.1) is 5.92 Å². The van der Waals surface area contributed by atoms with E-state index in [0.29, 0.717) is 12.7 Å². The van der Waals surface area contributed by atoms with Gasteiger partial charge in [0.1, 0.15) is 5.82 Å². The van der Waals surface area contributed by atoms with Crippen molar-refractivity contribution in [1.82, 2.24) is 4.98 Å². The molecule has 110 valence electrons. The highest BCUT2D eigenvalue weighted by Crippen LogP contribution is 2.39. The Hall–Kier alpha value is -1.68. The third kappa shape index (κ3) is 2.27. The number of nitrogens with zero attached hydrogens (tertiary/aromatic N) is 2. The largest absolute Gasteiger partial charge is 0.454 e. The van der Waals surface area contributed by atoms with Crippen LogP contribution in [0.2, 0.25) is 0 Å². The molecule has 0 spiro atoms. The number of alkyl halides is 1. The van der Waals surface area contributed by atoms with E-state index < -0.39 is 0 Å². The highest BCUT2D eigenvalue weighted by molar-refractivity contribution is 6.17. The predicted molar refractivity (Wildman–Crippen MR) is 83.5 cm³/mol. The minimum Gasteiger partial charge on any atom is -0.454 e. The van der Waals surface area contributed by atoms with Crippen LogP contribution in [0.3, 0.4) is 0 Å². The van der Waals surface area contributed by atoms with Crippen LogP contribution < -0.4 is 14.4 Å². The Morgan fingerprint density at radius 3 is 3.00 bits per heavy atom. The fourth-order valence-corrected chi connectivity index (χ4v) is 3.52. The third-order valence-corrected chi connectivity index (χ3v) is 4.56. The zero-order valence-electron chi connectivity index (χ0n) is 11.7. The second-order valence-electron chi connectivity index (χ2n) is 5.64. The van der Waals surface area contributed by atoms with Gasteiger partial charge in [0, 0.05) is 30.6 Å². The maximum Gasteiger partial charge on any atom is 0.231 e. The number of fused-ring (bicyclic) bond motifs is 2. The van der Waals surface area contributed by atoms with Crippen LogP contribution in [0.4, 0.5) is 5.82 Å². The molecule has 3 heterocycles. The topological polar surface area (TPSA) is 34.6 Å². The van der Waals surface area contributed by atoms with Gasteiger partial charge < -0.3 is 14.4 Å². The molecule has 1 aromatic carbocycles. The van der Waals surface area contributed by atoms with E-state index in [1.165, 1.54) is 6.42 Å². The van der Waals surface area contributed by atoms with Crippen molar-refractivity contribution in [1.29, 1.82) is 0 Å². The van der Waals surface area contributed by atoms with E-state index in [2.05, 4.69) is 16.0 Å². The Bertz CT molecular complexity index is 677. The van der Waals surface area contributed by atoms with Gasteiger partial charge >= 0.3 is 0 Å². The molecule has 1 atom stereocenters. The molecule has 2 aliphatic rings. The standard InChI is InChI=1S/C16H17ClN2O2/c17-4-1-11-3-6-19(9-11)16-13-8-15-14(20-10-21-15)7-12(13)2-5-18-16/h2,5,7-8,11H,1,3-4,6,9-10H2. The van der Waals surface area contributed by atoms with E-state index >= 15 is 0 Å². The van der Waals surface area contributed by atoms with Crippen LogP contribution in [0.15, 0.2) is 24.4 Å². The van der Waals surface area contributed by atoms with Gasteiger partial charge in [-0.1, -0.05) is 0 Å². The molecule has 21 heavy (non-hydrogen) atoms. The van der Waals surface area contributed by atoms with Gasteiger partial charge in [0.25, 0.3) is 0 Å². The summed E-state index contributed by atoms with van der Waals surface area (Å²) in [6, 6.07) is 6.11. The molecule has 0 N–H and O–H groups in total. The third-order valence-electron chi connectivity index (χ3n) is 4.34. The molecule has 0 saturated carbocycles. The lowest BCUT2D eigenvalue weighted by Gasteiger charge is -2.19. The molecule has 1 aromatic heterocycles. The van der Waals surface area contributed by atoms with Crippen LogP contribution in [0.5, 0.6) is 11.5 Å². The quantitative estimate of drug-likeness (QED) is 0.814. The summed E-state index contributed by atoms with van der Waals surface area (Å²) in [5, 5.41) is 2.28. The maximum atomic E-state index is 5.87. The van der Waals surface area contributed by atoms with Crippen molar-refractivity contribution in [3.05, 3.63) is 24.4 Å². The predicted octanol–water partition coefficient (Wildman–Crippen LogP) is 3.42. The van der Waals surface area contributed by atoms with Crippen LogP contribution in [0.25, 0.3) is 10.8 Å². The number of aromatic nitrogens is 1. The van der Waals surface area contributed by atoms with Crippen molar-refractivity contribution in [3.63, 3.8) is 0 Å². The molecule has 2 aliphatic heterocycles. The number of pyridine rings is 1. The summed E-state index contributed by atoms with van der Waals surface area (Å²) in [5.41, 5.74) is 0. The van der Waals surface area contributed by atoms with E-state index in [1.807, 2.05) is 18.3 Å². The van der Waals surface area contributed by atoms with Crippen molar-refractivity contribution >= 4 is 28.2 Å². The molecular weight excluding hydrogens is 288 g/mol. The summed E-state index contributed by atoms with van der Waals surface area (Å²) in [4.78, 5) is 6.97. The van der Waals surface area contributed by atoms with Crippen molar-refractivity contribution in [3.8, 4) is 11.5 Å². The molecule has 5 heteroatoms. The molecule has 1 fully saturated rings. The van der Waals surface area contributed by atoms with Crippen LogP contribution in [-0.2, 0) is 0 Å². The number of benzene rings is 1. The highest BCUT2D eigenvalue weighted by Gasteiger charge is 2.25. The zero-order valence-corrected chi connectivity index (χ0v) is 12.5. The first-order chi connectivity index (χ1) is 10.3. The summed E-state index contributed by atoms with van der Waals surface area (Å²) in [6.07, 6.45) is 4.14. The van der Waals surface area contributed by atoms with Gasteiger partial charge in [-0.2, -0.15) is 0 Å². The molecular formula is C16H17ClN2O2. The van der Waals surface area contributed by atoms with E-state index in [9.17, 15) is 0 Å². The van der Waals surface area contributed by atoms with E-state index in [1.54, 1.807) is 0 Å². The number of hydrogen-bond acceptors (Lipinski definition) is 4. The average Bonchev–Trinajstić information content (AvgIpc) is 3.13. The van der Waals surface area contributed by atoms with Gasteiger partial charge in [-0.3, -0.25) is 0 Å². The summed E-state index contributed by atoms with van der Waals surface area (Å²) >= 11 is 5.87. The van der Waals surface area contributed by atoms with Crippen LogP contribution in [0.1, 0.15) is 12.8 Å². The van der Waals surface area contributed by atoms with Gasteiger partial charge in [-0.25, -0.2) is 4.98 Å². The number of anilines is 1. The van der Waals surface area contributed by atoms with E-state index in [4.69, 9.17) is 21.1 Å². The molecule has 0 radical (unpaired) electrons. The fourth-order valence-electron chi connectivity index (χ4n) is 3.21. The monoisotopic (exact) mass is 304 g/mol. The number of rotatable bonds is 3. The minimum absolute atomic E-state index is 0.302. The van der Waals surface area contributed by atoms with Crippen molar-refractivity contribution in [2.24, 2.45) is 5.92 Å². The molecule has 1 saturated heterocycles. The lowest BCUT2D eigenvalue weighted by Crippen LogP contribution is -2.21. The normalized spacial score (nSPS) is 20.4. The first kappa shape index (κ1) is 13.0. The molecule has 0 bridgehead atoms. The van der Waals surface area contributed by atoms with Crippen molar-refractivity contribution in [2.45, 2.75) is 12.8 Å². The molecule has 2 aromatic rings. The maximum absolute atomic E-state index is 5.87. The number of hydrogen-bond donors (Lipinski definition) is 0. The Morgan fingerprint density at radius 1 is 1.29 bits per heavy atom. The summed E-state index contributed by atoms with van der Waals surface area (Å²) in [7, 11) is 0. The first-order valence-electron chi connectivity index (χ1n) is 7.34. The van der Waals surface area contributed by atoms with Crippen LogP contribution >= 0.6 is 11.6 Å². The Labute approximate surface area is 128 Å². The van der Waals surface area contributed by atoms with E-state index in [0.717, 1.165) is 53.5 Å². The smallest absolute Gasteiger partial charge is 0.231 e. The molecule has 1 unspecified atom stereocenters. The number of ether oxygens (including phenoxy) is 2. The SMILES string of the molecule is ClCCC1CCN(c2nccc3cc4c(cc23)OCO4)C1. The highest BCUT2D eigenvalue weighted by atomic mass is 35.5. The Morgan fingerprint density at radius 2 is 2.14 bits per heavy atom. The van der Waals surface area contributed by atoms with Crippen LogP contribution in [-0.4, -0.2) is 30.7 Å². The second kappa shape index (κ2) is 5.26. The fraction of sp³-hybridized carbons (Fsp3) is 0.438. The Balaban J connectivity index is 1.72. The van der Waals surface area contributed by atoms with Crippen molar-refractivity contribution < 1.29 is 9.47 Å².